The van der Waals surface area contributed by atoms with Crippen LogP contribution in [0.4, 0.5) is 0 Å². The summed E-state index contributed by atoms with van der Waals surface area (Å²) in [6, 6.07) is 10.5. The Balaban J connectivity index is 1.99. The molecule has 5 heteroatoms. The molecule has 1 fully saturated rings. The maximum atomic E-state index is 12.2. The van der Waals surface area contributed by atoms with Crippen LogP contribution in [0.15, 0.2) is 30.3 Å². The van der Waals surface area contributed by atoms with Crippen LogP contribution < -0.4 is 0 Å². The molecule has 1 aromatic carbocycles. The Morgan fingerprint density at radius 3 is 2.64 bits per heavy atom. The lowest BCUT2D eigenvalue weighted by atomic mass is 10.1. The highest BCUT2D eigenvalue weighted by molar-refractivity contribution is 8.13. The summed E-state index contributed by atoms with van der Waals surface area (Å²) in [4.78, 5) is 27.4. The topological polar surface area (TPSA) is 40.6 Å². The Morgan fingerprint density at radius 1 is 1.36 bits per heavy atom. The van der Waals surface area contributed by atoms with E-state index in [0.717, 1.165) is 12.3 Å². The lowest BCUT2D eigenvalue weighted by Crippen LogP contribution is -2.35. The summed E-state index contributed by atoms with van der Waals surface area (Å²) in [6.45, 7) is 3.05. The molecule has 2 unspecified atom stereocenters. The van der Waals surface area contributed by atoms with Crippen molar-refractivity contribution in [2.45, 2.75) is 19.4 Å². The minimum atomic E-state index is 0.126. The maximum absolute atomic E-state index is 12.2. The van der Waals surface area contributed by atoms with E-state index in [9.17, 15) is 9.59 Å². The minimum Gasteiger partial charge on any atom is -0.340 e. The summed E-state index contributed by atoms with van der Waals surface area (Å²) in [6.07, 6.45) is 0.565. The highest BCUT2D eigenvalue weighted by Crippen LogP contribution is 2.26. The van der Waals surface area contributed by atoms with Crippen LogP contribution in [0.25, 0.3) is 0 Å². The van der Waals surface area contributed by atoms with Crippen LogP contribution in [0.5, 0.6) is 0 Å². The first kappa shape index (κ1) is 17.0. The molecule has 0 saturated carbocycles. The molecule has 1 heterocycles. The number of hydrogen-bond donors (Lipinski definition) is 0. The van der Waals surface area contributed by atoms with E-state index in [0.29, 0.717) is 18.9 Å². The third kappa shape index (κ3) is 4.58. The van der Waals surface area contributed by atoms with Gasteiger partial charge in [0, 0.05) is 32.2 Å². The van der Waals surface area contributed by atoms with Crippen molar-refractivity contribution in [1.82, 2.24) is 9.80 Å². The molecule has 2 rings (SSSR count). The van der Waals surface area contributed by atoms with Gasteiger partial charge in [-0.1, -0.05) is 42.1 Å². The molecule has 4 nitrogen and oxygen atoms in total. The normalized spacial score (nSPS) is 19.7. The van der Waals surface area contributed by atoms with Crippen LogP contribution in [0.2, 0.25) is 0 Å². The van der Waals surface area contributed by atoms with E-state index in [1.54, 1.807) is 6.92 Å². The molecule has 0 N–H and O–H groups in total. The Bertz CT molecular complexity index is 519. The highest BCUT2D eigenvalue weighted by atomic mass is 32.2. The van der Waals surface area contributed by atoms with Crippen LogP contribution in [0.1, 0.15) is 24.9 Å². The molecule has 1 aromatic rings. The van der Waals surface area contributed by atoms with Crippen molar-refractivity contribution >= 4 is 22.8 Å². The minimum absolute atomic E-state index is 0.126. The van der Waals surface area contributed by atoms with Crippen LogP contribution in [-0.2, 0) is 9.59 Å². The molecule has 22 heavy (non-hydrogen) atoms. The van der Waals surface area contributed by atoms with Crippen molar-refractivity contribution in [3.8, 4) is 0 Å². The van der Waals surface area contributed by atoms with Crippen LogP contribution in [0.3, 0.4) is 0 Å². The quantitative estimate of drug-likeness (QED) is 0.807. The van der Waals surface area contributed by atoms with Gasteiger partial charge in [-0.05, 0) is 25.6 Å². The number of likely N-dealkylation sites (N-methyl/N-ethyl adjacent to an activating group) is 1. The lowest BCUT2D eigenvalue weighted by Gasteiger charge is -2.29. The van der Waals surface area contributed by atoms with Gasteiger partial charge in [0.25, 0.3) is 0 Å². The molecule has 1 amide bonds. The first-order chi connectivity index (χ1) is 10.5. The number of thioether (sulfide) groups is 1. The van der Waals surface area contributed by atoms with Crippen molar-refractivity contribution in [2.24, 2.45) is 5.92 Å². The van der Waals surface area contributed by atoms with Crippen LogP contribution >= 0.6 is 11.8 Å². The smallest absolute Gasteiger partial charge is 0.223 e. The molecule has 0 aromatic heterocycles. The first-order valence-corrected chi connectivity index (χ1v) is 8.58. The fourth-order valence-electron chi connectivity index (χ4n) is 2.83. The zero-order chi connectivity index (χ0) is 16.1. The van der Waals surface area contributed by atoms with E-state index in [1.807, 2.05) is 37.2 Å². The Kier molecular flexibility index (Phi) is 6.03. The molecule has 2 atom stereocenters. The van der Waals surface area contributed by atoms with E-state index in [-0.39, 0.29) is 17.1 Å². The van der Waals surface area contributed by atoms with E-state index in [4.69, 9.17) is 0 Å². The summed E-state index contributed by atoms with van der Waals surface area (Å²) in [7, 11) is 4.09. The highest BCUT2D eigenvalue weighted by Gasteiger charge is 2.32. The number of carbonyl (C=O) groups excluding carboxylic acids is 2. The molecule has 0 spiro atoms. The summed E-state index contributed by atoms with van der Waals surface area (Å²) < 4.78 is 0. The molecular weight excluding hydrogens is 296 g/mol. The lowest BCUT2D eigenvalue weighted by molar-refractivity contribution is -0.128. The number of hydrogen-bond acceptors (Lipinski definition) is 4. The van der Waals surface area contributed by atoms with Gasteiger partial charge in [0.2, 0.25) is 5.91 Å². The van der Waals surface area contributed by atoms with Gasteiger partial charge in [0.05, 0.1) is 6.04 Å². The molecule has 1 saturated heterocycles. The molecule has 120 valence electrons. The maximum Gasteiger partial charge on any atom is 0.223 e. The fraction of sp³-hybridized carbons (Fsp3) is 0.529. The van der Waals surface area contributed by atoms with Crippen molar-refractivity contribution in [1.29, 1.82) is 0 Å². The molecule has 0 radical (unpaired) electrons. The summed E-state index contributed by atoms with van der Waals surface area (Å²) in [5.74, 6) is 1.24. The monoisotopic (exact) mass is 320 g/mol. The Labute approximate surface area is 136 Å². The largest absolute Gasteiger partial charge is 0.340 e. The van der Waals surface area contributed by atoms with Crippen LogP contribution in [0, 0.1) is 5.92 Å². The van der Waals surface area contributed by atoms with Gasteiger partial charge in [-0.15, -0.1) is 0 Å². The van der Waals surface area contributed by atoms with Gasteiger partial charge in [0.1, 0.15) is 0 Å². The number of carbonyl (C=O) groups is 2. The predicted octanol–water partition coefficient (Wildman–Crippen LogP) is 2.42. The second kappa shape index (κ2) is 7.79. The summed E-state index contributed by atoms with van der Waals surface area (Å²) in [5.41, 5.74) is 1.22. The molecular formula is C17H24N2O2S. The average molecular weight is 320 g/mol. The van der Waals surface area contributed by atoms with Crippen molar-refractivity contribution in [3.63, 3.8) is 0 Å². The summed E-state index contributed by atoms with van der Waals surface area (Å²) in [5, 5.41) is 0.126. The molecule has 0 bridgehead atoms. The second-order valence-corrected chi connectivity index (χ2v) is 7.26. The van der Waals surface area contributed by atoms with Gasteiger partial charge in [-0.3, -0.25) is 9.59 Å². The van der Waals surface area contributed by atoms with E-state index in [2.05, 4.69) is 17.0 Å². The zero-order valence-electron chi connectivity index (χ0n) is 13.5. The zero-order valence-corrected chi connectivity index (χ0v) is 14.3. The number of likely N-dealkylation sites (tertiary alicyclic amines) is 1. The first-order valence-electron chi connectivity index (χ1n) is 7.60. The van der Waals surface area contributed by atoms with Gasteiger partial charge in [-0.25, -0.2) is 0 Å². The van der Waals surface area contributed by atoms with Gasteiger partial charge in [0.15, 0.2) is 5.12 Å². The number of benzene rings is 1. The number of rotatable bonds is 6. The molecule has 0 aliphatic carbocycles. The van der Waals surface area contributed by atoms with Gasteiger partial charge >= 0.3 is 0 Å². The van der Waals surface area contributed by atoms with Crippen molar-refractivity contribution in [2.75, 3.05) is 32.9 Å². The van der Waals surface area contributed by atoms with Gasteiger partial charge < -0.3 is 9.80 Å². The Morgan fingerprint density at radius 2 is 2.05 bits per heavy atom. The third-order valence-corrected chi connectivity index (χ3v) is 5.06. The number of nitrogens with zero attached hydrogens (tertiary/aromatic N) is 2. The standard InChI is InChI=1S/C17H24N2O2S/c1-13(20)22-12-14-9-17(21)19(10-14)11-16(18(2)3)15-7-5-4-6-8-15/h4-8,14,16H,9-12H2,1-3H3. The van der Waals surface area contributed by atoms with E-state index < -0.39 is 0 Å². The summed E-state index contributed by atoms with van der Waals surface area (Å²) >= 11 is 1.33. The average Bonchev–Trinajstić information content (AvgIpc) is 2.83. The predicted molar refractivity (Wildman–Crippen MR) is 90.7 cm³/mol. The van der Waals surface area contributed by atoms with Crippen molar-refractivity contribution < 1.29 is 9.59 Å². The van der Waals surface area contributed by atoms with Gasteiger partial charge in [-0.2, -0.15) is 0 Å². The van der Waals surface area contributed by atoms with Crippen molar-refractivity contribution in [3.05, 3.63) is 35.9 Å². The second-order valence-electron chi connectivity index (χ2n) is 6.06. The SMILES string of the molecule is CC(=O)SCC1CC(=O)N(CC(c2ccccc2)N(C)C)C1. The van der Waals surface area contributed by atoms with Crippen LogP contribution in [-0.4, -0.2) is 53.8 Å². The van der Waals surface area contributed by atoms with E-state index in [1.165, 1.54) is 17.3 Å². The molecule has 1 aliphatic rings. The number of amides is 1. The fourth-order valence-corrected chi connectivity index (χ4v) is 3.52. The Hall–Kier alpha value is -1.33. The van der Waals surface area contributed by atoms with E-state index >= 15 is 0 Å². The third-order valence-electron chi connectivity index (χ3n) is 4.02. The molecule has 1 aliphatic heterocycles.